The van der Waals surface area contributed by atoms with Crippen LogP contribution in [-0.4, -0.2) is 21.3 Å². The average molecular weight is 218 g/mol. The minimum atomic E-state index is -1.13. The van der Waals surface area contributed by atoms with Crippen molar-refractivity contribution in [3.63, 3.8) is 0 Å². The second kappa shape index (κ2) is 2.83. The van der Waals surface area contributed by atoms with Gasteiger partial charge in [0.2, 0.25) is 0 Å². The highest BCUT2D eigenvalue weighted by atomic mass is 79.9. The van der Waals surface area contributed by atoms with E-state index >= 15 is 0 Å². The third-order valence-electron chi connectivity index (χ3n) is 0.993. The van der Waals surface area contributed by atoms with E-state index in [1.807, 2.05) is 0 Å². The molecule has 1 aromatic rings. The summed E-state index contributed by atoms with van der Waals surface area (Å²) in [5, 5.41) is 15.2. The zero-order chi connectivity index (χ0) is 8.43. The summed E-state index contributed by atoms with van der Waals surface area (Å²) in [6.45, 7) is 0. The highest BCUT2D eigenvalue weighted by molar-refractivity contribution is 9.10. The summed E-state index contributed by atoms with van der Waals surface area (Å²) >= 11 is 3.02. The normalized spacial score (nSPS) is 9.55. The van der Waals surface area contributed by atoms with E-state index in [0.717, 1.165) is 0 Å². The first-order valence-corrected chi connectivity index (χ1v) is 3.42. The van der Waals surface area contributed by atoms with Gasteiger partial charge in [-0.1, -0.05) is 0 Å². The van der Waals surface area contributed by atoms with Crippen molar-refractivity contribution in [3.8, 4) is 0 Å². The highest BCUT2D eigenvalue weighted by Gasteiger charge is 2.07. The van der Waals surface area contributed by atoms with Gasteiger partial charge in [0, 0.05) is 0 Å². The van der Waals surface area contributed by atoms with Crippen LogP contribution < -0.4 is 5.73 Å². The number of rotatable bonds is 1. The molecule has 0 saturated heterocycles. The third-order valence-corrected chi connectivity index (χ3v) is 1.63. The van der Waals surface area contributed by atoms with Gasteiger partial charge in [0.1, 0.15) is 0 Å². The van der Waals surface area contributed by atoms with Gasteiger partial charge in [0.25, 0.3) is 0 Å². The molecular weight excluding hydrogens is 214 g/mol. The molecule has 0 aliphatic rings. The SMILES string of the molecule is Nc1nnc(C(=O)O)cc1Br. The van der Waals surface area contributed by atoms with Crippen LogP contribution in [0.25, 0.3) is 0 Å². The number of nitrogens with two attached hydrogens (primary N) is 1. The first kappa shape index (κ1) is 7.93. The molecule has 1 aromatic heterocycles. The van der Waals surface area contributed by atoms with Crippen molar-refractivity contribution in [1.82, 2.24) is 10.2 Å². The Kier molecular flexibility index (Phi) is 2.04. The summed E-state index contributed by atoms with van der Waals surface area (Å²) in [5.41, 5.74) is 5.14. The van der Waals surface area contributed by atoms with E-state index in [1.165, 1.54) is 6.07 Å². The van der Waals surface area contributed by atoms with E-state index in [2.05, 4.69) is 26.1 Å². The van der Waals surface area contributed by atoms with E-state index in [4.69, 9.17) is 10.8 Å². The number of carbonyl (C=O) groups is 1. The monoisotopic (exact) mass is 217 g/mol. The van der Waals surface area contributed by atoms with Crippen LogP contribution in [0.15, 0.2) is 10.5 Å². The highest BCUT2D eigenvalue weighted by Crippen LogP contribution is 2.15. The fraction of sp³-hybridized carbons (Fsp3) is 0. The Morgan fingerprint density at radius 2 is 2.27 bits per heavy atom. The molecule has 0 fully saturated rings. The van der Waals surface area contributed by atoms with Crippen molar-refractivity contribution in [2.45, 2.75) is 0 Å². The van der Waals surface area contributed by atoms with Crippen LogP contribution >= 0.6 is 15.9 Å². The molecule has 0 aliphatic carbocycles. The molecule has 58 valence electrons. The number of nitrogen functional groups attached to an aromatic ring is 1. The Balaban J connectivity index is 3.15. The van der Waals surface area contributed by atoms with Gasteiger partial charge >= 0.3 is 5.97 Å². The summed E-state index contributed by atoms with van der Waals surface area (Å²) in [5.74, 6) is -0.951. The predicted molar refractivity (Wildman–Crippen MR) is 41.1 cm³/mol. The maximum atomic E-state index is 10.3. The largest absolute Gasteiger partial charge is 0.476 e. The lowest BCUT2D eigenvalue weighted by Crippen LogP contribution is -2.04. The standard InChI is InChI=1S/C5H4BrN3O2/c6-2-1-3(5(10)11)8-9-4(2)7/h1H,(H2,7,9)(H,10,11). The second-order valence-corrected chi connectivity index (χ2v) is 2.62. The summed E-state index contributed by atoms with van der Waals surface area (Å²) in [6, 6.07) is 1.30. The Bertz CT molecular complexity index is 302. The van der Waals surface area contributed by atoms with E-state index < -0.39 is 5.97 Å². The number of nitrogens with zero attached hydrogens (tertiary/aromatic N) is 2. The Hall–Kier alpha value is -1.17. The van der Waals surface area contributed by atoms with Gasteiger partial charge in [-0.15, -0.1) is 10.2 Å². The molecule has 0 unspecified atom stereocenters. The fourth-order valence-electron chi connectivity index (χ4n) is 0.483. The predicted octanol–water partition coefficient (Wildman–Crippen LogP) is 0.519. The smallest absolute Gasteiger partial charge is 0.356 e. The van der Waals surface area contributed by atoms with Crippen molar-refractivity contribution >= 4 is 27.7 Å². The molecule has 1 heterocycles. The number of anilines is 1. The van der Waals surface area contributed by atoms with Crippen LogP contribution in [0, 0.1) is 0 Å². The van der Waals surface area contributed by atoms with E-state index in [1.54, 1.807) is 0 Å². The minimum absolute atomic E-state index is 0.133. The van der Waals surface area contributed by atoms with Gasteiger partial charge in [-0.3, -0.25) is 0 Å². The molecule has 0 atom stereocenters. The molecule has 0 radical (unpaired) electrons. The summed E-state index contributed by atoms with van der Waals surface area (Å²) in [7, 11) is 0. The molecular formula is C5H4BrN3O2. The van der Waals surface area contributed by atoms with Gasteiger partial charge in [-0.25, -0.2) is 4.79 Å². The number of halogens is 1. The second-order valence-electron chi connectivity index (χ2n) is 1.77. The lowest BCUT2D eigenvalue weighted by Gasteiger charge is -1.95. The molecule has 3 N–H and O–H groups in total. The molecule has 0 bridgehead atoms. The average Bonchev–Trinajstić information content (AvgIpc) is 1.94. The van der Waals surface area contributed by atoms with Crippen LogP contribution in [0.3, 0.4) is 0 Å². The maximum absolute atomic E-state index is 10.3. The van der Waals surface area contributed by atoms with Crippen molar-refractivity contribution in [2.24, 2.45) is 0 Å². The van der Waals surface area contributed by atoms with Crippen LogP contribution in [0.5, 0.6) is 0 Å². The first-order chi connectivity index (χ1) is 5.11. The fourth-order valence-corrected chi connectivity index (χ4v) is 0.779. The number of carboxylic acids is 1. The molecule has 11 heavy (non-hydrogen) atoms. The molecule has 0 amide bonds. The van der Waals surface area contributed by atoms with E-state index in [9.17, 15) is 4.79 Å². The number of hydrogen-bond donors (Lipinski definition) is 2. The topological polar surface area (TPSA) is 89.1 Å². The zero-order valence-corrected chi connectivity index (χ0v) is 6.87. The molecule has 6 heteroatoms. The summed E-state index contributed by atoms with van der Waals surface area (Å²) < 4.78 is 0.435. The summed E-state index contributed by atoms with van der Waals surface area (Å²) in [6.07, 6.45) is 0. The summed E-state index contributed by atoms with van der Waals surface area (Å²) in [4.78, 5) is 10.3. The van der Waals surface area contributed by atoms with Gasteiger partial charge in [-0.05, 0) is 22.0 Å². The van der Waals surface area contributed by atoms with Crippen molar-refractivity contribution in [2.75, 3.05) is 5.73 Å². The Morgan fingerprint density at radius 3 is 2.73 bits per heavy atom. The van der Waals surface area contributed by atoms with Crippen LogP contribution in [0.2, 0.25) is 0 Å². The Labute approximate surface area is 70.4 Å². The van der Waals surface area contributed by atoms with Gasteiger partial charge < -0.3 is 10.8 Å². The molecule has 0 spiro atoms. The van der Waals surface area contributed by atoms with Crippen molar-refractivity contribution < 1.29 is 9.90 Å². The van der Waals surface area contributed by atoms with E-state index in [0.29, 0.717) is 4.47 Å². The van der Waals surface area contributed by atoms with Gasteiger partial charge in [0.05, 0.1) is 4.47 Å². The quantitative estimate of drug-likeness (QED) is 0.717. The number of hydrogen-bond acceptors (Lipinski definition) is 4. The molecule has 0 aromatic carbocycles. The number of carboxylic acid groups (broad SMARTS) is 1. The Morgan fingerprint density at radius 1 is 1.64 bits per heavy atom. The van der Waals surface area contributed by atoms with Gasteiger partial charge in [0.15, 0.2) is 11.5 Å². The number of aromatic carboxylic acids is 1. The first-order valence-electron chi connectivity index (χ1n) is 2.63. The van der Waals surface area contributed by atoms with E-state index in [-0.39, 0.29) is 11.5 Å². The molecule has 1 rings (SSSR count). The van der Waals surface area contributed by atoms with Crippen LogP contribution in [0.1, 0.15) is 10.5 Å². The van der Waals surface area contributed by atoms with Crippen LogP contribution in [-0.2, 0) is 0 Å². The third kappa shape index (κ3) is 1.64. The molecule has 0 aliphatic heterocycles. The van der Waals surface area contributed by atoms with Crippen LogP contribution in [0.4, 0.5) is 5.82 Å². The minimum Gasteiger partial charge on any atom is -0.476 e. The van der Waals surface area contributed by atoms with Crippen molar-refractivity contribution in [1.29, 1.82) is 0 Å². The number of aromatic nitrogens is 2. The maximum Gasteiger partial charge on any atom is 0.356 e. The lowest BCUT2D eigenvalue weighted by atomic mass is 10.4. The lowest BCUT2D eigenvalue weighted by molar-refractivity contribution is 0.0689. The molecule has 0 saturated carbocycles. The van der Waals surface area contributed by atoms with Crippen molar-refractivity contribution in [3.05, 3.63) is 16.2 Å². The van der Waals surface area contributed by atoms with Gasteiger partial charge in [-0.2, -0.15) is 0 Å². The zero-order valence-electron chi connectivity index (χ0n) is 5.28. The molecule has 5 nitrogen and oxygen atoms in total.